The second-order valence-electron chi connectivity index (χ2n) is 2.06. The molecule has 0 fully saturated rings. The van der Waals surface area contributed by atoms with Gasteiger partial charge < -0.3 is 5.11 Å². The lowest BCUT2D eigenvalue weighted by Gasteiger charge is -1.97. The second kappa shape index (κ2) is 3.38. The normalized spacial score (nSPS) is 9.18. The van der Waals surface area contributed by atoms with Gasteiger partial charge in [0.2, 0.25) is 5.69 Å². The van der Waals surface area contributed by atoms with E-state index in [9.17, 15) is 0 Å². The molecule has 0 radical (unpaired) electrons. The van der Waals surface area contributed by atoms with Crippen LogP contribution in [0, 0.1) is 6.57 Å². The number of halogens is 1. The maximum atomic E-state index is 8.69. The molecule has 1 N–H and O–H groups in total. The molecule has 0 aliphatic carbocycles. The molecule has 0 spiro atoms. The molecule has 3 heteroatoms. The van der Waals surface area contributed by atoms with Crippen LogP contribution in [0.1, 0.15) is 5.56 Å². The van der Waals surface area contributed by atoms with Crippen molar-refractivity contribution in [2.24, 2.45) is 0 Å². The Balaban J connectivity index is 3.12. The molecular weight excluding hydrogens is 162 g/mol. The van der Waals surface area contributed by atoms with E-state index in [0.717, 1.165) is 5.56 Å². The molecule has 0 aliphatic heterocycles. The number of aliphatic hydroxyl groups excluding tert-OH is 1. The Kier molecular flexibility index (Phi) is 2.48. The lowest BCUT2D eigenvalue weighted by molar-refractivity contribution is 0.282. The molecule has 56 valence electrons. The molecule has 0 saturated heterocycles. The number of rotatable bonds is 1. The van der Waals surface area contributed by atoms with Gasteiger partial charge in [-0.15, -0.1) is 0 Å². The van der Waals surface area contributed by atoms with Gasteiger partial charge in [0.15, 0.2) is 0 Å². The fourth-order valence-electron chi connectivity index (χ4n) is 0.739. The van der Waals surface area contributed by atoms with Crippen molar-refractivity contribution in [3.05, 3.63) is 40.2 Å². The van der Waals surface area contributed by atoms with E-state index in [-0.39, 0.29) is 6.61 Å². The van der Waals surface area contributed by atoms with Crippen LogP contribution in [0.5, 0.6) is 0 Å². The largest absolute Gasteiger partial charge is 0.392 e. The van der Waals surface area contributed by atoms with Crippen molar-refractivity contribution in [1.29, 1.82) is 0 Å². The van der Waals surface area contributed by atoms with E-state index in [4.69, 9.17) is 23.3 Å². The number of hydrogen-bond acceptors (Lipinski definition) is 1. The monoisotopic (exact) mass is 167 g/mol. The van der Waals surface area contributed by atoms with E-state index in [1.165, 1.54) is 0 Å². The molecule has 1 rings (SSSR count). The van der Waals surface area contributed by atoms with E-state index in [2.05, 4.69) is 4.85 Å². The number of benzene rings is 1. The van der Waals surface area contributed by atoms with Crippen molar-refractivity contribution in [2.75, 3.05) is 0 Å². The van der Waals surface area contributed by atoms with Gasteiger partial charge in [-0.05, 0) is 11.6 Å². The zero-order chi connectivity index (χ0) is 8.27. The zero-order valence-corrected chi connectivity index (χ0v) is 6.47. The van der Waals surface area contributed by atoms with Crippen LogP contribution in [0.2, 0.25) is 5.02 Å². The lowest BCUT2D eigenvalue weighted by atomic mass is 10.2. The van der Waals surface area contributed by atoms with Gasteiger partial charge in [-0.25, -0.2) is 4.85 Å². The summed E-state index contributed by atoms with van der Waals surface area (Å²) in [7, 11) is 0. The Hall–Kier alpha value is -1.04. The highest BCUT2D eigenvalue weighted by Gasteiger charge is 1.99. The van der Waals surface area contributed by atoms with Gasteiger partial charge in [0.1, 0.15) is 0 Å². The minimum atomic E-state index is -0.0437. The molecular formula is C8H6ClNO. The van der Waals surface area contributed by atoms with Crippen LogP contribution in [0.25, 0.3) is 4.85 Å². The summed E-state index contributed by atoms with van der Waals surface area (Å²) in [5.74, 6) is 0. The highest BCUT2D eigenvalue weighted by molar-refractivity contribution is 6.33. The summed E-state index contributed by atoms with van der Waals surface area (Å²) < 4.78 is 0. The van der Waals surface area contributed by atoms with Crippen LogP contribution in [-0.2, 0) is 6.61 Å². The van der Waals surface area contributed by atoms with Crippen LogP contribution in [-0.4, -0.2) is 5.11 Å². The second-order valence-corrected chi connectivity index (χ2v) is 2.46. The highest BCUT2D eigenvalue weighted by atomic mass is 35.5. The first-order valence-corrected chi connectivity index (χ1v) is 3.42. The van der Waals surface area contributed by atoms with E-state index in [1.54, 1.807) is 18.2 Å². The molecule has 0 heterocycles. The molecule has 2 nitrogen and oxygen atoms in total. The van der Waals surface area contributed by atoms with Gasteiger partial charge in [-0.1, -0.05) is 23.7 Å². The predicted molar refractivity (Wildman–Crippen MR) is 43.6 cm³/mol. The molecule has 0 bridgehead atoms. The SMILES string of the molecule is [C-]#[N+]c1ccc(CO)cc1Cl. The fourth-order valence-corrected chi connectivity index (χ4v) is 0.985. The minimum absolute atomic E-state index is 0.0437. The first-order valence-electron chi connectivity index (χ1n) is 3.04. The zero-order valence-electron chi connectivity index (χ0n) is 5.71. The number of aliphatic hydroxyl groups is 1. The molecule has 0 unspecified atom stereocenters. The van der Waals surface area contributed by atoms with Crippen molar-refractivity contribution >= 4 is 17.3 Å². The van der Waals surface area contributed by atoms with Gasteiger partial charge in [0.05, 0.1) is 13.2 Å². The van der Waals surface area contributed by atoms with E-state index < -0.39 is 0 Å². The first kappa shape index (κ1) is 8.06. The summed E-state index contributed by atoms with van der Waals surface area (Å²) in [6.45, 7) is 6.65. The van der Waals surface area contributed by atoms with Crippen LogP contribution < -0.4 is 0 Å². The molecule has 0 saturated carbocycles. The van der Waals surface area contributed by atoms with Gasteiger partial charge in [0, 0.05) is 5.02 Å². The van der Waals surface area contributed by atoms with Crippen molar-refractivity contribution in [3.63, 3.8) is 0 Å². The summed E-state index contributed by atoms with van der Waals surface area (Å²) in [5.41, 5.74) is 1.14. The third-order valence-electron chi connectivity index (χ3n) is 1.32. The van der Waals surface area contributed by atoms with E-state index >= 15 is 0 Å². The quantitative estimate of drug-likeness (QED) is 0.639. The van der Waals surface area contributed by atoms with Crippen molar-refractivity contribution in [1.82, 2.24) is 0 Å². The minimum Gasteiger partial charge on any atom is -0.392 e. The average Bonchev–Trinajstić information content (AvgIpc) is 2.04. The molecule has 0 aliphatic rings. The number of nitrogens with zero attached hydrogens (tertiary/aromatic N) is 1. The summed E-state index contributed by atoms with van der Waals surface area (Å²) >= 11 is 5.68. The molecule has 0 aromatic heterocycles. The van der Waals surface area contributed by atoms with Crippen molar-refractivity contribution in [3.8, 4) is 0 Å². The van der Waals surface area contributed by atoms with E-state index in [0.29, 0.717) is 10.7 Å². The lowest BCUT2D eigenvalue weighted by Crippen LogP contribution is -1.80. The predicted octanol–water partition coefficient (Wildman–Crippen LogP) is 2.38. The van der Waals surface area contributed by atoms with Crippen LogP contribution in [0.3, 0.4) is 0 Å². The summed E-state index contributed by atoms with van der Waals surface area (Å²) in [6.07, 6.45) is 0. The third kappa shape index (κ3) is 1.70. The van der Waals surface area contributed by atoms with Gasteiger partial charge in [0.25, 0.3) is 0 Å². The van der Waals surface area contributed by atoms with Crippen molar-refractivity contribution in [2.45, 2.75) is 6.61 Å². The highest BCUT2D eigenvalue weighted by Crippen LogP contribution is 2.25. The first-order chi connectivity index (χ1) is 5.27. The van der Waals surface area contributed by atoms with Crippen LogP contribution in [0.15, 0.2) is 18.2 Å². The Labute approximate surface area is 69.9 Å². The van der Waals surface area contributed by atoms with Crippen molar-refractivity contribution < 1.29 is 5.11 Å². The topological polar surface area (TPSA) is 24.6 Å². The van der Waals surface area contributed by atoms with E-state index in [1.807, 2.05) is 0 Å². The summed E-state index contributed by atoms with van der Waals surface area (Å²) in [4.78, 5) is 3.18. The Morgan fingerprint density at radius 3 is 2.73 bits per heavy atom. The maximum Gasteiger partial charge on any atom is 0.205 e. The molecule has 1 aromatic carbocycles. The summed E-state index contributed by atoms with van der Waals surface area (Å²) in [5, 5.41) is 9.08. The van der Waals surface area contributed by atoms with Crippen LogP contribution in [0.4, 0.5) is 5.69 Å². The Morgan fingerprint density at radius 1 is 1.55 bits per heavy atom. The molecule has 1 aromatic rings. The molecule has 11 heavy (non-hydrogen) atoms. The standard InChI is InChI=1S/C8H6ClNO/c1-10-8-3-2-6(5-11)4-7(8)9/h2-4,11H,5H2. The van der Waals surface area contributed by atoms with Crippen LogP contribution >= 0.6 is 11.6 Å². The van der Waals surface area contributed by atoms with Gasteiger partial charge in [-0.2, -0.15) is 0 Å². The molecule has 0 amide bonds. The Morgan fingerprint density at radius 2 is 2.27 bits per heavy atom. The number of hydrogen-bond donors (Lipinski definition) is 1. The average molecular weight is 168 g/mol. The maximum absolute atomic E-state index is 8.69. The van der Waals surface area contributed by atoms with Gasteiger partial charge in [-0.3, -0.25) is 0 Å². The molecule has 0 atom stereocenters. The smallest absolute Gasteiger partial charge is 0.205 e. The fraction of sp³-hybridized carbons (Fsp3) is 0.125. The summed E-state index contributed by atoms with van der Waals surface area (Å²) in [6, 6.07) is 4.87. The van der Waals surface area contributed by atoms with Gasteiger partial charge >= 0.3 is 0 Å². The Bertz CT molecular complexity index is 303. The third-order valence-corrected chi connectivity index (χ3v) is 1.62.